The lowest BCUT2D eigenvalue weighted by molar-refractivity contribution is 0.211. The summed E-state index contributed by atoms with van der Waals surface area (Å²) in [4.78, 5) is 14.0. The largest absolute Gasteiger partial charge is 0.410 e. The average molecular weight is 232 g/mol. The van der Waals surface area contributed by atoms with Gasteiger partial charge < -0.3 is 15.5 Å². The van der Waals surface area contributed by atoms with Crippen molar-refractivity contribution in [1.82, 2.24) is 4.98 Å². The van der Waals surface area contributed by atoms with E-state index in [1.807, 2.05) is 6.07 Å². The number of H-pyrrole nitrogens is 1. The Hall–Kier alpha value is -1.97. The van der Waals surface area contributed by atoms with Crippen LogP contribution in [-0.2, 0) is 5.41 Å². The number of hydrogen-bond donors (Lipinski definition) is 2. The van der Waals surface area contributed by atoms with E-state index in [0.717, 1.165) is 16.6 Å². The fourth-order valence-corrected chi connectivity index (χ4v) is 1.69. The van der Waals surface area contributed by atoms with Crippen molar-refractivity contribution < 1.29 is 9.53 Å². The Bertz CT molecular complexity index is 564. The molecule has 17 heavy (non-hydrogen) atoms. The van der Waals surface area contributed by atoms with Crippen molar-refractivity contribution in [2.75, 3.05) is 0 Å². The van der Waals surface area contributed by atoms with Crippen LogP contribution in [0.5, 0.6) is 5.75 Å². The first-order valence-electron chi connectivity index (χ1n) is 5.47. The molecule has 0 aliphatic carbocycles. The highest BCUT2D eigenvalue weighted by Gasteiger charge is 2.16. The van der Waals surface area contributed by atoms with E-state index in [9.17, 15) is 4.79 Å². The molecule has 4 nitrogen and oxygen atoms in total. The molecule has 90 valence electrons. The summed E-state index contributed by atoms with van der Waals surface area (Å²) < 4.78 is 4.84. The minimum Gasteiger partial charge on any atom is -0.410 e. The predicted molar refractivity (Wildman–Crippen MR) is 67.2 cm³/mol. The van der Waals surface area contributed by atoms with Gasteiger partial charge in [0.15, 0.2) is 0 Å². The second kappa shape index (κ2) is 3.80. The number of hydrogen-bond acceptors (Lipinski definition) is 2. The van der Waals surface area contributed by atoms with Gasteiger partial charge in [0, 0.05) is 22.0 Å². The molecular formula is C13H16N2O2. The lowest BCUT2D eigenvalue weighted by atomic mass is 9.92. The molecule has 0 bridgehead atoms. The number of aromatic amines is 1. The molecule has 1 amide bonds. The Morgan fingerprint density at radius 3 is 2.59 bits per heavy atom. The second-order valence-corrected chi connectivity index (χ2v) is 5.10. The summed E-state index contributed by atoms with van der Waals surface area (Å²) in [5, 5.41) is 1.01. The van der Waals surface area contributed by atoms with E-state index in [-0.39, 0.29) is 5.41 Å². The summed E-state index contributed by atoms with van der Waals surface area (Å²) in [6.07, 6.45) is -0.795. The third-order valence-electron chi connectivity index (χ3n) is 2.62. The van der Waals surface area contributed by atoms with Crippen LogP contribution in [0.4, 0.5) is 4.79 Å². The maximum atomic E-state index is 10.7. The van der Waals surface area contributed by atoms with Gasteiger partial charge in [0.25, 0.3) is 0 Å². The number of amides is 1. The number of carbonyl (C=O) groups is 1. The van der Waals surface area contributed by atoms with Crippen molar-refractivity contribution in [3.63, 3.8) is 0 Å². The Labute approximate surface area is 99.8 Å². The van der Waals surface area contributed by atoms with Gasteiger partial charge in [-0.05, 0) is 24.3 Å². The Morgan fingerprint density at radius 2 is 2.00 bits per heavy atom. The summed E-state index contributed by atoms with van der Waals surface area (Å²) in [6, 6.07) is 7.45. The molecule has 2 rings (SSSR count). The van der Waals surface area contributed by atoms with Crippen molar-refractivity contribution in [2.24, 2.45) is 5.73 Å². The van der Waals surface area contributed by atoms with E-state index in [2.05, 4.69) is 31.8 Å². The van der Waals surface area contributed by atoms with Crippen molar-refractivity contribution in [3.05, 3.63) is 30.0 Å². The van der Waals surface area contributed by atoms with Gasteiger partial charge >= 0.3 is 6.09 Å². The molecule has 1 aromatic heterocycles. The van der Waals surface area contributed by atoms with Crippen molar-refractivity contribution >= 4 is 17.0 Å². The number of nitrogens with two attached hydrogens (primary N) is 1. The molecule has 0 saturated carbocycles. The molecular weight excluding hydrogens is 216 g/mol. The van der Waals surface area contributed by atoms with Crippen LogP contribution < -0.4 is 10.5 Å². The Kier molecular flexibility index (Phi) is 2.58. The third-order valence-corrected chi connectivity index (χ3v) is 2.62. The van der Waals surface area contributed by atoms with Gasteiger partial charge in [-0.25, -0.2) is 4.79 Å². The summed E-state index contributed by atoms with van der Waals surface area (Å²) in [7, 11) is 0. The summed E-state index contributed by atoms with van der Waals surface area (Å²) in [6.45, 7) is 6.41. The van der Waals surface area contributed by atoms with Gasteiger partial charge in [0.2, 0.25) is 0 Å². The van der Waals surface area contributed by atoms with Crippen molar-refractivity contribution in [1.29, 1.82) is 0 Å². The minimum atomic E-state index is -0.795. The molecule has 0 aliphatic rings. The lowest BCUT2D eigenvalue weighted by Crippen LogP contribution is -2.16. The molecule has 0 atom stereocenters. The van der Waals surface area contributed by atoms with Crippen LogP contribution in [0.1, 0.15) is 26.5 Å². The molecule has 0 spiro atoms. The maximum Gasteiger partial charge on any atom is 0.409 e. The van der Waals surface area contributed by atoms with Crippen molar-refractivity contribution in [2.45, 2.75) is 26.2 Å². The number of primary amides is 1. The number of aromatic nitrogens is 1. The van der Waals surface area contributed by atoms with E-state index < -0.39 is 6.09 Å². The lowest BCUT2D eigenvalue weighted by Gasteiger charge is -2.15. The zero-order valence-corrected chi connectivity index (χ0v) is 10.2. The SMILES string of the molecule is CC(C)(C)c1cc2cc(OC(N)=O)ccc2[nH]1. The zero-order valence-electron chi connectivity index (χ0n) is 10.2. The fraction of sp³-hybridized carbons (Fsp3) is 0.308. The van der Waals surface area contributed by atoms with Gasteiger partial charge in [0.1, 0.15) is 5.75 Å². The number of nitrogens with one attached hydrogen (secondary N) is 1. The van der Waals surface area contributed by atoms with Gasteiger partial charge in [0.05, 0.1) is 0 Å². The van der Waals surface area contributed by atoms with Gasteiger partial charge in [-0.2, -0.15) is 0 Å². The van der Waals surface area contributed by atoms with Crippen LogP contribution >= 0.6 is 0 Å². The molecule has 0 unspecified atom stereocenters. The second-order valence-electron chi connectivity index (χ2n) is 5.10. The fourth-order valence-electron chi connectivity index (χ4n) is 1.69. The Morgan fingerprint density at radius 1 is 1.29 bits per heavy atom. The molecule has 0 saturated heterocycles. The summed E-state index contributed by atoms with van der Waals surface area (Å²) in [5.41, 5.74) is 7.20. The van der Waals surface area contributed by atoms with Crippen LogP contribution in [-0.4, -0.2) is 11.1 Å². The minimum absolute atomic E-state index is 0.0593. The smallest absolute Gasteiger partial charge is 0.409 e. The summed E-state index contributed by atoms with van der Waals surface area (Å²) in [5.74, 6) is 0.462. The monoisotopic (exact) mass is 232 g/mol. The number of carbonyl (C=O) groups excluding carboxylic acids is 1. The molecule has 3 N–H and O–H groups in total. The van der Waals surface area contributed by atoms with Crippen LogP contribution in [0.25, 0.3) is 10.9 Å². The molecule has 2 aromatic rings. The van der Waals surface area contributed by atoms with E-state index in [0.29, 0.717) is 5.75 Å². The molecule has 1 heterocycles. The third kappa shape index (κ3) is 2.41. The molecule has 1 aromatic carbocycles. The first kappa shape index (κ1) is 11.5. The maximum absolute atomic E-state index is 10.7. The normalized spacial score (nSPS) is 11.7. The standard InChI is InChI=1S/C13H16N2O2/c1-13(2,3)11-7-8-6-9(17-12(14)16)4-5-10(8)15-11/h4-7,15H,1-3H3,(H2,14,16). The highest BCUT2D eigenvalue weighted by atomic mass is 16.5. The summed E-state index contributed by atoms with van der Waals surface area (Å²) >= 11 is 0. The van der Waals surface area contributed by atoms with E-state index in [1.54, 1.807) is 12.1 Å². The van der Waals surface area contributed by atoms with Crippen LogP contribution in [0.2, 0.25) is 0 Å². The average Bonchev–Trinajstić information content (AvgIpc) is 2.58. The van der Waals surface area contributed by atoms with E-state index in [4.69, 9.17) is 10.5 Å². The number of fused-ring (bicyclic) bond motifs is 1. The molecule has 0 fully saturated rings. The van der Waals surface area contributed by atoms with Gasteiger partial charge in [-0.1, -0.05) is 20.8 Å². The van der Waals surface area contributed by atoms with Crippen molar-refractivity contribution in [3.8, 4) is 5.75 Å². The number of rotatable bonds is 1. The topological polar surface area (TPSA) is 68.1 Å². The van der Waals surface area contributed by atoms with E-state index in [1.165, 1.54) is 0 Å². The highest BCUT2D eigenvalue weighted by molar-refractivity contribution is 5.83. The first-order valence-corrected chi connectivity index (χ1v) is 5.47. The molecule has 0 radical (unpaired) electrons. The van der Waals surface area contributed by atoms with Crippen LogP contribution in [0, 0.1) is 0 Å². The van der Waals surface area contributed by atoms with Crippen LogP contribution in [0.3, 0.4) is 0 Å². The quantitative estimate of drug-likeness (QED) is 0.793. The zero-order chi connectivity index (χ0) is 12.6. The predicted octanol–water partition coefficient (Wildman–Crippen LogP) is 2.92. The van der Waals surface area contributed by atoms with Gasteiger partial charge in [-0.15, -0.1) is 0 Å². The number of benzene rings is 1. The van der Waals surface area contributed by atoms with Crippen LogP contribution in [0.15, 0.2) is 24.3 Å². The molecule has 0 aliphatic heterocycles. The van der Waals surface area contributed by atoms with Gasteiger partial charge in [-0.3, -0.25) is 0 Å². The number of ether oxygens (including phenoxy) is 1. The first-order chi connectivity index (χ1) is 7.86. The van der Waals surface area contributed by atoms with E-state index >= 15 is 0 Å². The highest BCUT2D eigenvalue weighted by Crippen LogP contribution is 2.27. The Balaban J connectivity index is 2.44. The molecule has 4 heteroatoms.